The van der Waals surface area contributed by atoms with Gasteiger partial charge in [0, 0.05) is 19.7 Å². The van der Waals surface area contributed by atoms with Crippen molar-refractivity contribution >= 4 is 17.4 Å². The minimum atomic E-state index is -0.255. The number of carbonyl (C=O) groups is 1. The number of halogens is 1. The van der Waals surface area contributed by atoms with Gasteiger partial charge in [-0.15, -0.1) is 5.10 Å². The molecule has 2 atom stereocenters. The fourth-order valence-electron chi connectivity index (χ4n) is 3.86. The summed E-state index contributed by atoms with van der Waals surface area (Å²) in [7, 11) is 1.59. The number of nitrogens with zero attached hydrogens (tertiary/aromatic N) is 4. The van der Waals surface area contributed by atoms with Crippen LogP contribution < -0.4 is 10.2 Å². The minimum absolute atomic E-state index is 0.0539. The van der Waals surface area contributed by atoms with E-state index in [0.717, 1.165) is 30.8 Å². The molecule has 1 amide bonds. The van der Waals surface area contributed by atoms with Crippen molar-refractivity contribution in [3.63, 3.8) is 0 Å². The molecule has 2 aromatic heterocycles. The van der Waals surface area contributed by atoms with Gasteiger partial charge in [0.1, 0.15) is 11.6 Å². The van der Waals surface area contributed by atoms with Crippen LogP contribution in [0.1, 0.15) is 41.9 Å². The Morgan fingerprint density at radius 1 is 1.38 bits per heavy atom. The Balaban J connectivity index is 1.64. The van der Waals surface area contributed by atoms with E-state index in [1.807, 2.05) is 25.1 Å². The van der Waals surface area contributed by atoms with E-state index in [0.29, 0.717) is 17.9 Å². The summed E-state index contributed by atoms with van der Waals surface area (Å²) in [5.74, 6) is 0.243. The molecule has 1 aliphatic heterocycles. The number of hydrogen-bond donors (Lipinski definition) is 1. The number of imidazole rings is 1. The lowest BCUT2D eigenvalue weighted by Crippen LogP contribution is -2.36. The van der Waals surface area contributed by atoms with E-state index in [-0.39, 0.29) is 23.8 Å². The quantitative estimate of drug-likeness (QED) is 0.692. The van der Waals surface area contributed by atoms with Gasteiger partial charge in [-0.3, -0.25) is 4.79 Å². The van der Waals surface area contributed by atoms with Crippen molar-refractivity contribution in [2.75, 3.05) is 25.2 Å². The van der Waals surface area contributed by atoms with Gasteiger partial charge < -0.3 is 15.0 Å². The number of methoxy groups -OCH3 is 1. The molecule has 152 valence electrons. The van der Waals surface area contributed by atoms with Gasteiger partial charge >= 0.3 is 0 Å². The standard InChI is InChI=1S/C21H24FN5O2/c1-14(13-29-2)24-21(28)18-12-23-19-8-9-20(25-27(18)19)26-10-4-7-17(26)15-5-3-6-16(22)11-15/h3,5-6,8-9,11-12,14,17H,4,7,10,13H2,1-2H3,(H,24,28)/t14-,17+/m0/s1. The molecule has 1 N–H and O–H groups in total. The molecule has 3 aromatic rings. The van der Waals surface area contributed by atoms with Crippen LogP contribution in [0.5, 0.6) is 0 Å². The van der Waals surface area contributed by atoms with E-state index in [1.54, 1.807) is 23.8 Å². The molecule has 1 fully saturated rings. The lowest BCUT2D eigenvalue weighted by atomic mass is 10.0. The summed E-state index contributed by atoms with van der Waals surface area (Å²) < 4.78 is 20.4. The molecule has 1 aromatic carbocycles. The normalized spacial score (nSPS) is 17.6. The zero-order valence-corrected chi connectivity index (χ0v) is 16.5. The highest BCUT2D eigenvalue weighted by molar-refractivity contribution is 5.93. The van der Waals surface area contributed by atoms with E-state index in [2.05, 4.69) is 20.3 Å². The first-order valence-electron chi connectivity index (χ1n) is 9.73. The highest BCUT2D eigenvalue weighted by Gasteiger charge is 2.28. The van der Waals surface area contributed by atoms with Crippen LogP contribution in [-0.2, 0) is 4.74 Å². The second kappa shape index (κ2) is 8.16. The highest BCUT2D eigenvalue weighted by atomic mass is 19.1. The van der Waals surface area contributed by atoms with E-state index in [1.165, 1.54) is 12.3 Å². The highest BCUT2D eigenvalue weighted by Crippen LogP contribution is 2.35. The molecule has 29 heavy (non-hydrogen) atoms. The van der Waals surface area contributed by atoms with Crippen molar-refractivity contribution in [3.05, 3.63) is 59.7 Å². The maximum absolute atomic E-state index is 13.7. The van der Waals surface area contributed by atoms with Crippen molar-refractivity contribution < 1.29 is 13.9 Å². The molecule has 0 aliphatic carbocycles. The SMILES string of the molecule is COC[C@H](C)NC(=O)c1cnc2ccc(N3CCC[C@@H]3c3cccc(F)c3)nn12. The van der Waals surface area contributed by atoms with Crippen molar-refractivity contribution in [2.24, 2.45) is 0 Å². The summed E-state index contributed by atoms with van der Waals surface area (Å²) in [6, 6.07) is 10.4. The first kappa shape index (κ1) is 19.3. The van der Waals surface area contributed by atoms with Crippen LogP contribution in [-0.4, -0.2) is 46.8 Å². The third-order valence-corrected chi connectivity index (χ3v) is 5.16. The van der Waals surface area contributed by atoms with Gasteiger partial charge in [-0.25, -0.2) is 13.9 Å². The summed E-state index contributed by atoms with van der Waals surface area (Å²) in [6.07, 6.45) is 3.44. The summed E-state index contributed by atoms with van der Waals surface area (Å²) in [5, 5.41) is 7.57. The predicted octanol–water partition coefficient (Wildman–Crippen LogP) is 2.97. The maximum atomic E-state index is 13.7. The Bertz CT molecular complexity index is 1020. The Morgan fingerprint density at radius 3 is 3.03 bits per heavy atom. The van der Waals surface area contributed by atoms with Gasteiger partial charge in [-0.2, -0.15) is 0 Å². The van der Waals surface area contributed by atoms with Gasteiger partial charge in [0.2, 0.25) is 0 Å². The zero-order chi connectivity index (χ0) is 20.4. The van der Waals surface area contributed by atoms with Crippen LogP contribution in [0.4, 0.5) is 10.2 Å². The van der Waals surface area contributed by atoms with Crippen LogP contribution in [0.3, 0.4) is 0 Å². The van der Waals surface area contributed by atoms with Gasteiger partial charge in [-0.05, 0) is 49.6 Å². The molecule has 8 heteroatoms. The van der Waals surface area contributed by atoms with E-state index >= 15 is 0 Å². The zero-order valence-electron chi connectivity index (χ0n) is 16.5. The molecule has 4 rings (SSSR count). The number of rotatable bonds is 6. The van der Waals surface area contributed by atoms with Crippen molar-refractivity contribution in [2.45, 2.75) is 31.8 Å². The van der Waals surface area contributed by atoms with Gasteiger partial charge in [0.05, 0.1) is 18.8 Å². The monoisotopic (exact) mass is 397 g/mol. The number of hydrogen-bond acceptors (Lipinski definition) is 5. The van der Waals surface area contributed by atoms with Crippen LogP contribution in [0.15, 0.2) is 42.6 Å². The van der Waals surface area contributed by atoms with Crippen molar-refractivity contribution in [1.82, 2.24) is 19.9 Å². The molecule has 3 heterocycles. The van der Waals surface area contributed by atoms with E-state index in [9.17, 15) is 9.18 Å². The summed E-state index contributed by atoms with van der Waals surface area (Å²) in [4.78, 5) is 19.1. The molecular formula is C21H24FN5O2. The molecule has 7 nitrogen and oxygen atoms in total. The Morgan fingerprint density at radius 2 is 2.24 bits per heavy atom. The number of amides is 1. The van der Waals surface area contributed by atoms with Crippen LogP contribution in [0, 0.1) is 5.82 Å². The fourth-order valence-corrected chi connectivity index (χ4v) is 3.86. The molecule has 0 saturated carbocycles. The Labute approximate surface area is 168 Å². The fraction of sp³-hybridized carbons (Fsp3) is 0.381. The Kier molecular flexibility index (Phi) is 5.44. The first-order valence-corrected chi connectivity index (χ1v) is 9.73. The second-order valence-electron chi connectivity index (χ2n) is 7.34. The van der Waals surface area contributed by atoms with Crippen molar-refractivity contribution in [1.29, 1.82) is 0 Å². The third-order valence-electron chi connectivity index (χ3n) is 5.16. The number of carbonyl (C=O) groups excluding carboxylic acids is 1. The van der Waals surface area contributed by atoms with Crippen LogP contribution in [0.25, 0.3) is 5.65 Å². The molecule has 1 aliphatic rings. The number of anilines is 1. The van der Waals surface area contributed by atoms with Gasteiger partial charge in [-0.1, -0.05) is 12.1 Å². The van der Waals surface area contributed by atoms with Crippen LogP contribution >= 0.6 is 0 Å². The number of ether oxygens (including phenoxy) is 1. The smallest absolute Gasteiger partial charge is 0.271 e. The topological polar surface area (TPSA) is 71.8 Å². The predicted molar refractivity (Wildman–Crippen MR) is 108 cm³/mol. The van der Waals surface area contributed by atoms with E-state index < -0.39 is 0 Å². The van der Waals surface area contributed by atoms with E-state index in [4.69, 9.17) is 4.74 Å². The lowest BCUT2D eigenvalue weighted by Gasteiger charge is -2.26. The molecule has 0 unspecified atom stereocenters. The molecule has 0 spiro atoms. The summed E-state index contributed by atoms with van der Waals surface area (Å²) in [6.45, 7) is 3.11. The summed E-state index contributed by atoms with van der Waals surface area (Å²) >= 11 is 0. The van der Waals surface area contributed by atoms with Gasteiger partial charge in [0.15, 0.2) is 11.3 Å². The van der Waals surface area contributed by atoms with Crippen LogP contribution in [0.2, 0.25) is 0 Å². The molecule has 0 radical (unpaired) electrons. The number of nitrogens with one attached hydrogen (secondary N) is 1. The largest absolute Gasteiger partial charge is 0.383 e. The second-order valence-corrected chi connectivity index (χ2v) is 7.34. The number of fused-ring (bicyclic) bond motifs is 1. The number of benzene rings is 1. The Hall–Kier alpha value is -3.00. The third kappa shape index (κ3) is 3.93. The number of aromatic nitrogens is 3. The maximum Gasteiger partial charge on any atom is 0.271 e. The molecule has 1 saturated heterocycles. The van der Waals surface area contributed by atoms with Crippen molar-refractivity contribution in [3.8, 4) is 0 Å². The minimum Gasteiger partial charge on any atom is -0.383 e. The lowest BCUT2D eigenvalue weighted by molar-refractivity contribution is 0.0898. The first-order chi connectivity index (χ1) is 14.1. The average Bonchev–Trinajstić information content (AvgIpc) is 3.34. The molecule has 0 bridgehead atoms. The summed E-state index contributed by atoms with van der Waals surface area (Å²) in [5.41, 5.74) is 1.90. The molecular weight excluding hydrogens is 373 g/mol. The van der Waals surface area contributed by atoms with Gasteiger partial charge in [0.25, 0.3) is 5.91 Å². The average molecular weight is 397 g/mol.